The number of rotatable bonds is 5. The van der Waals surface area contributed by atoms with Crippen molar-refractivity contribution in [2.24, 2.45) is 4.99 Å². The van der Waals surface area contributed by atoms with E-state index in [9.17, 15) is 4.39 Å². The Bertz CT molecular complexity index is 418. The standard InChI is InChI=1S/C12H17ClFN3S.HI/c1-15-12(16-5-6-18-2)17-8-9-3-4-11(14)10(13)7-9;/h3-4,7H,5-6,8H2,1-2H3,(H2,15,16,17);1H. The van der Waals surface area contributed by atoms with Gasteiger partial charge in [-0.1, -0.05) is 17.7 Å². The highest BCUT2D eigenvalue weighted by Crippen LogP contribution is 2.15. The van der Waals surface area contributed by atoms with Gasteiger partial charge in [0.2, 0.25) is 0 Å². The van der Waals surface area contributed by atoms with Crippen molar-refractivity contribution < 1.29 is 4.39 Å². The molecule has 2 N–H and O–H groups in total. The first-order chi connectivity index (χ1) is 8.67. The van der Waals surface area contributed by atoms with E-state index in [0.29, 0.717) is 6.54 Å². The summed E-state index contributed by atoms with van der Waals surface area (Å²) in [7, 11) is 1.71. The number of nitrogens with zero attached hydrogens (tertiary/aromatic N) is 1. The number of hydrogen-bond acceptors (Lipinski definition) is 2. The number of guanidine groups is 1. The average molecular weight is 418 g/mol. The molecule has 0 saturated carbocycles. The predicted octanol–water partition coefficient (Wildman–Crippen LogP) is 3.13. The van der Waals surface area contributed by atoms with Gasteiger partial charge in [-0.15, -0.1) is 24.0 Å². The van der Waals surface area contributed by atoms with Crippen LogP contribution in [-0.4, -0.2) is 31.6 Å². The fourth-order valence-corrected chi connectivity index (χ4v) is 1.84. The van der Waals surface area contributed by atoms with Crippen LogP contribution >= 0.6 is 47.3 Å². The number of nitrogens with one attached hydrogen (secondary N) is 2. The molecule has 0 aliphatic rings. The molecule has 0 aliphatic carbocycles. The third kappa shape index (κ3) is 7.22. The van der Waals surface area contributed by atoms with Crippen LogP contribution in [0.25, 0.3) is 0 Å². The van der Waals surface area contributed by atoms with Crippen LogP contribution in [0.5, 0.6) is 0 Å². The molecule has 19 heavy (non-hydrogen) atoms. The van der Waals surface area contributed by atoms with E-state index in [4.69, 9.17) is 11.6 Å². The second kappa shape index (κ2) is 10.6. The van der Waals surface area contributed by atoms with Gasteiger partial charge < -0.3 is 10.6 Å². The molecule has 1 aromatic carbocycles. The van der Waals surface area contributed by atoms with Gasteiger partial charge in [-0.05, 0) is 24.0 Å². The zero-order valence-electron chi connectivity index (χ0n) is 10.9. The van der Waals surface area contributed by atoms with Crippen molar-refractivity contribution in [2.45, 2.75) is 6.54 Å². The van der Waals surface area contributed by atoms with Gasteiger partial charge in [0.1, 0.15) is 5.82 Å². The van der Waals surface area contributed by atoms with Crippen molar-refractivity contribution in [3.8, 4) is 0 Å². The Morgan fingerprint density at radius 3 is 2.74 bits per heavy atom. The minimum absolute atomic E-state index is 0. The van der Waals surface area contributed by atoms with Crippen molar-refractivity contribution >= 4 is 53.3 Å². The van der Waals surface area contributed by atoms with E-state index >= 15 is 0 Å². The van der Waals surface area contributed by atoms with Gasteiger partial charge in [0, 0.05) is 25.9 Å². The molecule has 0 aromatic heterocycles. The normalized spacial score (nSPS) is 10.8. The maximum absolute atomic E-state index is 13.0. The summed E-state index contributed by atoms with van der Waals surface area (Å²) in [5, 5.41) is 6.46. The van der Waals surface area contributed by atoms with Crippen LogP contribution < -0.4 is 10.6 Å². The number of thioether (sulfide) groups is 1. The maximum Gasteiger partial charge on any atom is 0.191 e. The molecule has 0 aliphatic heterocycles. The SMILES string of the molecule is CN=C(NCCSC)NCc1ccc(F)c(Cl)c1.I. The molecule has 0 atom stereocenters. The quantitative estimate of drug-likeness (QED) is 0.334. The molecule has 108 valence electrons. The van der Waals surface area contributed by atoms with Crippen LogP contribution in [0.4, 0.5) is 4.39 Å². The molecule has 7 heteroatoms. The third-order valence-electron chi connectivity index (χ3n) is 2.27. The van der Waals surface area contributed by atoms with Crippen LogP contribution in [0.2, 0.25) is 5.02 Å². The van der Waals surface area contributed by atoms with Crippen LogP contribution in [0, 0.1) is 5.82 Å². The van der Waals surface area contributed by atoms with Crippen molar-refractivity contribution in [3.05, 3.63) is 34.6 Å². The van der Waals surface area contributed by atoms with Gasteiger partial charge in [0.05, 0.1) is 5.02 Å². The van der Waals surface area contributed by atoms with E-state index in [-0.39, 0.29) is 29.0 Å². The molecule has 1 rings (SSSR count). The molecule has 0 fully saturated rings. The van der Waals surface area contributed by atoms with Crippen molar-refractivity contribution in [1.29, 1.82) is 0 Å². The van der Waals surface area contributed by atoms with Crippen LogP contribution in [0.3, 0.4) is 0 Å². The Morgan fingerprint density at radius 2 is 2.16 bits per heavy atom. The molecule has 0 radical (unpaired) electrons. The van der Waals surface area contributed by atoms with Gasteiger partial charge in [0.25, 0.3) is 0 Å². The van der Waals surface area contributed by atoms with Gasteiger partial charge in [0.15, 0.2) is 5.96 Å². The second-order valence-electron chi connectivity index (χ2n) is 3.59. The monoisotopic (exact) mass is 417 g/mol. The van der Waals surface area contributed by atoms with Gasteiger partial charge in [-0.3, -0.25) is 4.99 Å². The molecule has 0 bridgehead atoms. The number of aliphatic imine (C=N–C) groups is 1. The Balaban J connectivity index is 0.00000324. The first-order valence-corrected chi connectivity index (χ1v) is 7.32. The van der Waals surface area contributed by atoms with E-state index in [1.165, 1.54) is 6.07 Å². The Kier molecular flexibility index (Phi) is 10.4. The maximum atomic E-state index is 13.0. The first-order valence-electron chi connectivity index (χ1n) is 5.54. The fraction of sp³-hybridized carbons (Fsp3) is 0.417. The van der Waals surface area contributed by atoms with E-state index in [1.54, 1.807) is 30.9 Å². The third-order valence-corrected chi connectivity index (χ3v) is 3.17. The Labute approximate surface area is 139 Å². The predicted molar refractivity (Wildman–Crippen MR) is 93.4 cm³/mol. The zero-order valence-corrected chi connectivity index (χ0v) is 14.8. The van der Waals surface area contributed by atoms with Gasteiger partial charge in [-0.2, -0.15) is 11.8 Å². The highest BCUT2D eigenvalue weighted by molar-refractivity contribution is 14.0. The van der Waals surface area contributed by atoms with E-state index in [1.807, 2.05) is 0 Å². The summed E-state index contributed by atoms with van der Waals surface area (Å²) in [6.45, 7) is 1.41. The summed E-state index contributed by atoms with van der Waals surface area (Å²) in [6, 6.07) is 4.67. The van der Waals surface area contributed by atoms with E-state index < -0.39 is 5.82 Å². The van der Waals surface area contributed by atoms with Crippen molar-refractivity contribution in [1.82, 2.24) is 10.6 Å². The fourth-order valence-electron chi connectivity index (χ4n) is 1.33. The minimum Gasteiger partial charge on any atom is -0.356 e. The number of halogens is 3. The smallest absolute Gasteiger partial charge is 0.191 e. The van der Waals surface area contributed by atoms with Gasteiger partial charge >= 0.3 is 0 Å². The largest absolute Gasteiger partial charge is 0.356 e. The lowest BCUT2D eigenvalue weighted by atomic mass is 10.2. The second-order valence-corrected chi connectivity index (χ2v) is 4.99. The summed E-state index contributed by atoms with van der Waals surface area (Å²) in [4.78, 5) is 4.09. The molecule has 0 saturated heterocycles. The molecule has 0 amide bonds. The molecule has 0 heterocycles. The summed E-state index contributed by atoms with van der Waals surface area (Å²) >= 11 is 7.48. The van der Waals surface area contributed by atoms with E-state index in [0.717, 1.165) is 23.8 Å². The van der Waals surface area contributed by atoms with Crippen LogP contribution in [0.1, 0.15) is 5.56 Å². The molecule has 3 nitrogen and oxygen atoms in total. The van der Waals surface area contributed by atoms with Crippen LogP contribution in [0.15, 0.2) is 23.2 Å². The van der Waals surface area contributed by atoms with Crippen molar-refractivity contribution in [3.63, 3.8) is 0 Å². The lowest BCUT2D eigenvalue weighted by molar-refractivity contribution is 0.627. The highest BCUT2D eigenvalue weighted by Gasteiger charge is 2.02. The Hall–Kier alpha value is -0.210. The Morgan fingerprint density at radius 1 is 1.42 bits per heavy atom. The van der Waals surface area contributed by atoms with Crippen molar-refractivity contribution in [2.75, 3.05) is 25.6 Å². The molecule has 0 unspecified atom stereocenters. The lowest BCUT2D eigenvalue weighted by Gasteiger charge is -2.11. The number of hydrogen-bond donors (Lipinski definition) is 2. The van der Waals surface area contributed by atoms with Gasteiger partial charge in [-0.25, -0.2) is 4.39 Å². The molecular formula is C12H18ClFIN3S. The molecule has 0 spiro atoms. The lowest BCUT2D eigenvalue weighted by Crippen LogP contribution is -2.37. The first kappa shape index (κ1) is 18.8. The summed E-state index contributed by atoms with van der Waals surface area (Å²) in [6.07, 6.45) is 2.05. The average Bonchev–Trinajstić information content (AvgIpc) is 2.37. The summed E-state index contributed by atoms with van der Waals surface area (Å²) in [5.74, 6) is 1.34. The summed E-state index contributed by atoms with van der Waals surface area (Å²) < 4.78 is 13.0. The van der Waals surface area contributed by atoms with Crippen LogP contribution in [-0.2, 0) is 6.54 Å². The summed E-state index contributed by atoms with van der Waals surface area (Å²) in [5.41, 5.74) is 0.911. The zero-order chi connectivity index (χ0) is 13.4. The highest BCUT2D eigenvalue weighted by atomic mass is 127. The van der Waals surface area contributed by atoms with E-state index in [2.05, 4.69) is 21.9 Å². The number of benzene rings is 1. The molecular weight excluding hydrogens is 400 g/mol. The minimum atomic E-state index is -0.400. The topological polar surface area (TPSA) is 36.4 Å². The molecule has 1 aromatic rings.